The summed E-state index contributed by atoms with van der Waals surface area (Å²) >= 11 is 1.07. The van der Waals surface area contributed by atoms with Gasteiger partial charge in [-0.05, 0) is 31.2 Å². The Bertz CT molecular complexity index is 2020. The number of carbonyl (C=O) groups excluding carboxylic acids is 1. The molecule has 0 bridgehead atoms. The fraction of sp³-hybridized carbons (Fsp3) is 0.0938. The summed E-state index contributed by atoms with van der Waals surface area (Å²) in [5, 5.41) is 10.2. The van der Waals surface area contributed by atoms with Crippen molar-refractivity contribution < 1.29 is 18.4 Å². The summed E-state index contributed by atoms with van der Waals surface area (Å²) in [7, 11) is 0. The number of fused-ring (bicyclic) bond motifs is 1. The second-order valence-electron chi connectivity index (χ2n) is 9.17. The van der Waals surface area contributed by atoms with Crippen LogP contribution in [0.25, 0.3) is 40.1 Å². The Balaban J connectivity index is 1.55. The number of thiazole rings is 1. The molecule has 2 N–H and O–H groups in total. The Morgan fingerprint density at radius 3 is 2.27 bits per heavy atom. The molecule has 0 unspecified atom stereocenters. The molecule has 0 aliphatic carbocycles. The van der Waals surface area contributed by atoms with Crippen molar-refractivity contribution in [3.8, 4) is 28.7 Å². The fourth-order valence-electron chi connectivity index (χ4n) is 4.82. The van der Waals surface area contributed by atoms with Crippen molar-refractivity contribution in [2.45, 2.75) is 12.8 Å². The van der Waals surface area contributed by atoms with E-state index >= 15 is 0 Å². The third-order valence-electron chi connectivity index (χ3n) is 6.69. The first-order valence-electron chi connectivity index (χ1n) is 12.9. The summed E-state index contributed by atoms with van der Waals surface area (Å²) < 4.78 is 19.3. The molecule has 0 fully saturated rings. The van der Waals surface area contributed by atoms with Crippen molar-refractivity contribution in [3.63, 3.8) is 0 Å². The van der Waals surface area contributed by atoms with Crippen LogP contribution >= 0.6 is 11.3 Å². The van der Waals surface area contributed by atoms with E-state index in [1.807, 2.05) is 66.7 Å². The maximum absolute atomic E-state index is 13.6. The van der Waals surface area contributed by atoms with E-state index in [4.69, 9.17) is 19.3 Å². The number of esters is 1. The molecule has 8 nitrogen and oxygen atoms in total. The van der Waals surface area contributed by atoms with E-state index in [2.05, 4.69) is 6.07 Å². The maximum atomic E-state index is 13.6. The molecule has 202 valence electrons. The smallest absolute Gasteiger partial charge is 0.338 e. The predicted molar refractivity (Wildman–Crippen MR) is 155 cm³/mol. The van der Waals surface area contributed by atoms with E-state index in [0.29, 0.717) is 23.0 Å². The van der Waals surface area contributed by atoms with Crippen molar-refractivity contribution in [2.75, 3.05) is 6.61 Å². The largest absolute Gasteiger partial charge is 0.463 e. The molecule has 0 saturated carbocycles. The zero-order valence-electron chi connectivity index (χ0n) is 21.9. The summed E-state index contributed by atoms with van der Waals surface area (Å²) in [6, 6.07) is 28.2. The highest BCUT2D eigenvalue weighted by molar-refractivity contribution is 7.07. The van der Waals surface area contributed by atoms with Gasteiger partial charge >= 0.3 is 5.97 Å². The average molecular weight is 562 g/mol. The summed E-state index contributed by atoms with van der Waals surface area (Å²) in [5.41, 5.74) is 7.84. The molecular formula is C32H23N3O5S. The summed E-state index contributed by atoms with van der Waals surface area (Å²) in [6.07, 6.45) is 1.60. The average Bonchev–Trinajstić information content (AvgIpc) is 3.74. The van der Waals surface area contributed by atoms with Crippen molar-refractivity contribution in [3.05, 3.63) is 122 Å². The van der Waals surface area contributed by atoms with Crippen LogP contribution in [0.4, 0.5) is 0 Å². The minimum absolute atomic E-state index is 0.0188. The number of rotatable bonds is 6. The molecule has 9 heteroatoms. The maximum Gasteiger partial charge on any atom is 0.338 e. The van der Waals surface area contributed by atoms with Gasteiger partial charge in [-0.3, -0.25) is 9.36 Å². The van der Waals surface area contributed by atoms with Gasteiger partial charge in [-0.2, -0.15) is 5.26 Å². The van der Waals surface area contributed by atoms with Crippen LogP contribution in [-0.4, -0.2) is 17.1 Å². The number of benzene rings is 2. The third-order valence-corrected chi connectivity index (χ3v) is 7.80. The Morgan fingerprint density at radius 1 is 1.00 bits per heavy atom. The molecule has 1 atom stereocenters. The quantitative estimate of drug-likeness (QED) is 0.304. The lowest BCUT2D eigenvalue weighted by Crippen LogP contribution is -2.40. The van der Waals surface area contributed by atoms with Gasteiger partial charge in [0.25, 0.3) is 5.56 Å². The van der Waals surface area contributed by atoms with Gasteiger partial charge in [-0.15, -0.1) is 11.3 Å². The highest BCUT2D eigenvalue weighted by Gasteiger charge is 2.38. The van der Waals surface area contributed by atoms with Crippen LogP contribution in [0.1, 0.15) is 24.4 Å². The van der Waals surface area contributed by atoms with Gasteiger partial charge in [0.1, 0.15) is 33.5 Å². The SMILES string of the molecule is CCOC(=O)C1=c2s/c(=C\c3ccc(-c4ccccc4)o3)c(=O)n2C(N)=C(C#N)[C@H]1c1ccc(-c2ccccc2)o1. The van der Waals surface area contributed by atoms with Crippen molar-refractivity contribution in [1.29, 1.82) is 5.26 Å². The number of nitriles is 1. The number of allylic oxidation sites excluding steroid dienone is 1. The molecule has 4 heterocycles. The van der Waals surface area contributed by atoms with E-state index in [1.54, 1.807) is 31.2 Å². The molecule has 0 spiro atoms. The van der Waals surface area contributed by atoms with Gasteiger partial charge in [0.2, 0.25) is 0 Å². The molecule has 3 aromatic heterocycles. The normalized spacial score (nSPS) is 15.1. The van der Waals surface area contributed by atoms with Gasteiger partial charge in [-0.25, -0.2) is 4.79 Å². The molecule has 2 aromatic carbocycles. The topological polar surface area (TPSA) is 124 Å². The first-order valence-corrected chi connectivity index (χ1v) is 13.7. The Labute approximate surface area is 238 Å². The Kier molecular flexibility index (Phi) is 6.75. The Morgan fingerprint density at radius 2 is 1.63 bits per heavy atom. The number of nitrogens with two attached hydrogens (primary N) is 1. The van der Waals surface area contributed by atoms with Crippen LogP contribution in [-0.2, 0) is 9.53 Å². The van der Waals surface area contributed by atoms with Gasteiger partial charge < -0.3 is 19.3 Å². The van der Waals surface area contributed by atoms with Crippen LogP contribution in [0, 0.1) is 11.3 Å². The lowest BCUT2D eigenvalue weighted by atomic mass is 9.88. The van der Waals surface area contributed by atoms with E-state index in [1.165, 1.54) is 4.57 Å². The molecule has 0 radical (unpaired) electrons. The second kappa shape index (κ2) is 10.7. The minimum Gasteiger partial charge on any atom is -0.463 e. The number of aromatic nitrogens is 1. The first kappa shape index (κ1) is 25.9. The van der Waals surface area contributed by atoms with Crippen molar-refractivity contribution in [1.82, 2.24) is 4.57 Å². The number of hydrogen-bond donors (Lipinski definition) is 1. The minimum atomic E-state index is -0.962. The van der Waals surface area contributed by atoms with Gasteiger partial charge in [0.15, 0.2) is 0 Å². The standard InChI is InChI=1S/C32H23N3O5S/c1-2-38-32(37)28-27(25-16-15-24(40-25)20-11-7-4-8-12-20)22(18-33)29(34)35-30(36)26(41-31(28)35)17-21-13-14-23(39-21)19-9-5-3-6-10-19/h3-17,27H,2,34H2,1H3/b26-17-/t27-/m0/s1. The Hall–Kier alpha value is -5.33. The van der Waals surface area contributed by atoms with Crippen LogP contribution in [0.15, 0.2) is 104 Å². The van der Waals surface area contributed by atoms with E-state index < -0.39 is 17.4 Å². The number of furan rings is 2. The number of ether oxygens (including phenoxy) is 1. The fourth-order valence-corrected chi connectivity index (χ4v) is 5.97. The van der Waals surface area contributed by atoms with Gasteiger partial charge in [0, 0.05) is 17.2 Å². The third kappa shape index (κ3) is 4.60. The zero-order chi connectivity index (χ0) is 28.5. The highest BCUT2D eigenvalue weighted by Crippen LogP contribution is 2.39. The lowest BCUT2D eigenvalue weighted by Gasteiger charge is -2.22. The molecule has 5 aromatic rings. The van der Waals surface area contributed by atoms with Crippen LogP contribution in [0.3, 0.4) is 0 Å². The first-order chi connectivity index (χ1) is 20.0. The predicted octanol–water partition coefficient (Wildman–Crippen LogP) is 4.42. The van der Waals surface area contributed by atoms with E-state index in [0.717, 1.165) is 22.5 Å². The molecule has 1 aliphatic rings. The summed E-state index contributed by atoms with van der Waals surface area (Å²) in [5.74, 6) is 0.310. The molecule has 6 rings (SSSR count). The molecular weight excluding hydrogens is 538 g/mol. The molecule has 0 saturated heterocycles. The van der Waals surface area contributed by atoms with Crippen molar-refractivity contribution >= 4 is 34.8 Å². The molecule has 0 amide bonds. The highest BCUT2D eigenvalue weighted by atomic mass is 32.1. The van der Waals surface area contributed by atoms with Gasteiger partial charge in [-0.1, -0.05) is 60.7 Å². The molecule has 41 heavy (non-hydrogen) atoms. The molecule has 1 aliphatic heterocycles. The number of carbonyl (C=O) groups is 1. The van der Waals surface area contributed by atoms with Crippen LogP contribution in [0.2, 0.25) is 0 Å². The number of hydrogen-bond acceptors (Lipinski definition) is 8. The monoisotopic (exact) mass is 561 g/mol. The van der Waals surface area contributed by atoms with Crippen LogP contribution in [0.5, 0.6) is 0 Å². The van der Waals surface area contributed by atoms with Crippen molar-refractivity contribution in [2.24, 2.45) is 5.73 Å². The summed E-state index contributed by atoms with van der Waals surface area (Å²) in [4.78, 5) is 27.0. The van der Waals surface area contributed by atoms with Crippen LogP contribution < -0.4 is 20.5 Å². The van der Waals surface area contributed by atoms with Gasteiger partial charge in [0.05, 0.1) is 34.3 Å². The second-order valence-corrected chi connectivity index (χ2v) is 10.2. The lowest BCUT2D eigenvalue weighted by molar-refractivity contribution is -0.136. The zero-order valence-corrected chi connectivity index (χ0v) is 22.7. The van der Waals surface area contributed by atoms with E-state index in [9.17, 15) is 14.9 Å². The van der Waals surface area contributed by atoms with E-state index in [-0.39, 0.29) is 32.8 Å². The summed E-state index contributed by atoms with van der Waals surface area (Å²) in [6.45, 7) is 1.79. The number of nitrogens with zero attached hydrogens (tertiary/aromatic N) is 2.